The van der Waals surface area contributed by atoms with Gasteiger partial charge in [0.2, 0.25) is 0 Å². The van der Waals surface area contributed by atoms with E-state index in [-0.39, 0.29) is 6.29 Å². The van der Waals surface area contributed by atoms with Crippen molar-refractivity contribution in [2.45, 2.75) is 49.7 Å². The summed E-state index contributed by atoms with van der Waals surface area (Å²) in [7, 11) is 0. The summed E-state index contributed by atoms with van der Waals surface area (Å²) in [6, 6.07) is -0.716. The summed E-state index contributed by atoms with van der Waals surface area (Å²) in [5.74, 6) is -2.69. The number of aliphatic carboxylic acids is 2. The molecule has 0 fully saturated rings. The first-order chi connectivity index (χ1) is 10.6. The van der Waals surface area contributed by atoms with E-state index in [1.54, 1.807) is 0 Å². The number of carboxylic acid groups (broad SMARTS) is 2. The highest BCUT2D eigenvalue weighted by molar-refractivity contribution is 5.73. The second-order valence-electron chi connectivity index (χ2n) is 4.62. The van der Waals surface area contributed by atoms with E-state index in [9.17, 15) is 14.4 Å². The minimum Gasteiger partial charge on any atom is -0.480 e. The van der Waals surface area contributed by atoms with Crippen LogP contribution in [0.2, 0.25) is 0 Å². The molecule has 0 amide bonds. The van der Waals surface area contributed by atoms with Gasteiger partial charge in [-0.05, 0) is 19.4 Å². The van der Waals surface area contributed by atoms with Gasteiger partial charge in [0.25, 0.3) is 0 Å². The number of aliphatic hydroxyl groups excluding tert-OH is 4. The van der Waals surface area contributed by atoms with E-state index in [1.165, 1.54) is 0 Å². The highest BCUT2D eigenvalue weighted by Crippen LogP contribution is 2.03. The second-order valence-corrected chi connectivity index (χ2v) is 4.62. The van der Waals surface area contributed by atoms with E-state index in [2.05, 4.69) is 0 Å². The van der Waals surface area contributed by atoms with E-state index < -0.39 is 42.4 Å². The maximum absolute atomic E-state index is 10.1. The summed E-state index contributed by atoms with van der Waals surface area (Å²) < 4.78 is 0. The Bertz CT molecular complexity index is 366. The van der Waals surface area contributed by atoms with Crippen LogP contribution in [0.15, 0.2) is 0 Å². The number of aliphatic hydroxyl groups is 4. The summed E-state index contributed by atoms with van der Waals surface area (Å²) in [5, 5.41) is 51.5. The molecule has 0 aromatic rings. The molecule has 0 radical (unpaired) electrons. The maximum Gasteiger partial charge on any atom is 0.335 e. The first-order valence-corrected chi connectivity index (χ1v) is 6.68. The van der Waals surface area contributed by atoms with E-state index in [4.69, 9.17) is 42.1 Å². The van der Waals surface area contributed by atoms with Crippen LogP contribution in [0.4, 0.5) is 0 Å². The van der Waals surface area contributed by atoms with Crippen molar-refractivity contribution in [3.05, 3.63) is 0 Å². The number of carbonyl (C=O) groups is 3. The Morgan fingerprint density at radius 1 is 0.957 bits per heavy atom. The van der Waals surface area contributed by atoms with Crippen LogP contribution in [0.3, 0.4) is 0 Å². The van der Waals surface area contributed by atoms with Gasteiger partial charge in [-0.2, -0.15) is 0 Å². The normalized spacial score (nSPS) is 17.0. The Labute approximate surface area is 132 Å². The lowest BCUT2D eigenvalue weighted by molar-refractivity contribution is -0.163. The summed E-state index contributed by atoms with van der Waals surface area (Å²) in [6.45, 7) is 0.604. The van der Waals surface area contributed by atoms with Gasteiger partial charge in [0, 0.05) is 0 Å². The molecule has 0 bridgehead atoms. The van der Waals surface area contributed by atoms with Crippen LogP contribution in [0, 0.1) is 0 Å². The zero-order chi connectivity index (χ0) is 18.6. The molecule has 11 heteroatoms. The van der Waals surface area contributed by atoms with Crippen molar-refractivity contribution < 1.29 is 45.0 Å². The molecule has 5 atom stereocenters. The third kappa shape index (κ3) is 10.7. The predicted molar refractivity (Wildman–Crippen MR) is 76.2 cm³/mol. The molecule has 11 nitrogen and oxygen atoms in total. The van der Waals surface area contributed by atoms with Gasteiger partial charge < -0.3 is 46.9 Å². The molecule has 0 aliphatic heterocycles. The molecule has 23 heavy (non-hydrogen) atoms. The Kier molecular flexibility index (Phi) is 13.2. The van der Waals surface area contributed by atoms with Crippen molar-refractivity contribution in [1.29, 1.82) is 0 Å². The first-order valence-electron chi connectivity index (χ1n) is 6.68. The van der Waals surface area contributed by atoms with Crippen molar-refractivity contribution in [2.24, 2.45) is 11.5 Å². The molecule has 0 saturated carbocycles. The molecule has 0 rings (SSSR count). The summed E-state index contributed by atoms with van der Waals surface area (Å²) >= 11 is 0. The molecular weight excluding hydrogens is 316 g/mol. The van der Waals surface area contributed by atoms with E-state index in [0.717, 1.165) is 12.8 Å². The number of carbonyl (C=O) groups excluding carboxylic acids is 1. The number of nitrogens with two attached hydrogens (primary N) is 2. The van der Waals surface area contributed by atoms with E-state index in [1.807, 2.05) is 0 Å². The van der Waals surface area contributed by atoms with Gasteiger partial charge in [0.1, 0.15) is 24.4 Å². The lowest BCUT2D eigenvalue weighted by atomic mass is 10.0. The zero-order valence-electron chi connectivity index (χ0n) is 12.4. The minimum absolute atomic E-state index is 0.0809. The van der Waals surface area contributed by atoms with Crippen molar-refractivity contribution in [1.82, 2.24) is 0 Å². The fourth-order valence-electron chi connectivity index (χ4n) is 1.25. The fourth-order valence-corrected chi connectivity index (χ4v) is 1.25. The molecule has 0 unspecified atom stereocenters. The van der Waals surface area contributed by atoms with Gasteiger partial charge in [-0.15, -0.1) is 0 Å². The monoisotopic (exact) mass is 340 g/mol. The van der Waals surface area contributed by atoms with Crippen LogP contribution in [0.5, 0.6) is 0 Å². The molecule has 0 aliphatic carbocycles. The number of carboxylic acids is 2. The summed E-state index contributed by atoms with van der Waals surface area (Å²) in [5.41, 5.74) is 10.4. The van der Waals surface area contributed by atoms with Crippen LogP contribution in [-0.4, -0.2) is 85.9 Å². The van der Waals surface area contributed by atoms with Crippen molar-refractivity contribution in [3.8, 4) is 0 Å². The largest absolute Gasteiger partial charge is 0.480 e. The van der Waals surface area contributed by atoms with Gasteiger partial charge in [-0.3, -0.25) is 4.79 Å². The number of unbranched alkanes of at least 4 members (excludes halogenated alkanes) is 1. The van der Waals surface area contributed by atoms with E-state index >= 15 is 0 Å². The average molecular weight is 340 g/mol. The van der Waals surface area contributed by atoms with Gasteiger partial charge in [-0.1, -0.05) is 6.42 Å². The molecule has 0 aromatic carbocycles. The Morgan fingerprint density at radius 3 is 1.83 bits per heavy atom. The molecule has 0 spiro atoms. The summed E-state index contributed by atoms with van der Waals surface area (Å²) in [6.07, 6.45) is -6.23. The summed E-state index contributed by atoms with van der Waals surface area (Å²) in [4.78, 5) is 30.1. The lowest BCUT2D eigenvalue weighted by Crippen LogP contribution is -2.48. The van der Waals surface area contributed by atoms with Crippen molar-refractivity contribution >= 4 is 18.2 Å². The molecule has 136 valence electrons. The highest BCUT2D eigenvalue weighted by atomic mass is 16.4. The van der Waals surface area contributed by atoms with Gasteiger partial charge in [0.15, 0.2) is 12.4 Å². The first kappa shape index (κ1) is 23.6. The third-order valence-corrected chi connectivity index (χ3v) is 2.70. The Balaban J connectivity index is 0. The van der Waals surface area contributed by atoms with Crippen LogP contribution in [0.1, 0.15) is 19.3 Å². The molecule has 0 heterocycles. The van der Waals surface area contributed by atoms with Crippen LogP contribution in [0.25, 0.3) is 0 Å². The standard InChI is InChI=1S/C6H14N2O2.C6H10O7/c7-4-2-1-3-5(8)6(9)10;7-1-2(8)3(9)4(10)5(11)6(12)13/h5H,1-4,7-8H2,(H,9,10);1-5,8-11H,(H,12,13)/t5-;2-,3+,4+,5-/m00/s1. The number of aldehydes is 1. The van der Waals surface area contributed by atoms with Gasteiger partial charge in [0.05, 0.1) is 0 Å². The van der Waals surface area contributed by atoms with Crippen LogP contribution < -0.4 is 11.5 Å². The molecule has 0 aliphatic rings. The number of hydrogen-bond acceptors (Lipinski definition) is 9. The van der Waals surface area contributed by atoms with Crippen LogP contribution >= 0.6 is 0 Å². The number of hydrogen-bond donors (Lipinski definition) is 8. The minimum atomic E-state index is -2.25. The molecule has 0 aromatic heterocycles. The Hall–Kier alpha value is -1.63. The SMILES string of the molecule is NCCCC[C@H](N)C(=O)O.O=C[C@H](O)[C@@H](O)[C@@H](O)[C@H](O)C(=O)O. The van der Waals surface area contributed by atoms with Crippen molar-refractivity contribution in [3.63, 3.8) is 0 Å². The Morgan fingerprint density at radius 2 is 1.48 bits per heavy atom. The lowest BCUT2D eigenvalue weighted by Gasteiger charge is -2.21. The average Bonchev–Trinajstić information content (AvgIpc) is 2.52. The quantitative estimate of drug-likeness (QED) is 0.142. The second kappa shape index (κ2) is 12.9. The van der Waals surface area contributed by atoms with Gasteiger partial charge in [-0.25, -0.2) is 4.79 Å². The molecular formula is C12H24N2O9. The smallest absolute Gasteiger partial charge is 0.335 e. The molecule has 10 N–H and O–H groups in total. The topological polar surface area (TPSA) is 225 Å². The zero-order valence-corrected chi connectivity index (χ0v) is 12.4. The van der Waals surface area contributed by atoms with Crippen LogP contribution in [-0.2, 0) is 14.4 Å². The third-order valence-electron chi connectivity index (χ3n) is 2.70. The number of rotatable bonds is 10. The highest BCUT2D eigenvalue weighted by Gasteiger charge is 2.33. The van der Waals surface area contributed by atoms with Gasteiger partial charge >= 0.3 is 11.9 Å². The molecule has 0 saturated heterocycles. The van der Waals surface area contributed by atoms with E-state index in [0.29, 0.717) is 13.0 Å². The van der Waals surface area contributed by atoms with Crippen molar-refractivity contribution in [2.75, 3.05) is 6.54 Å². The maximum atomic E-state index is 10.1. The fraction of sp³-hybridized carbons (Fsp3) is 0.750. The predicted octanol–water partition coefficient (Wildman–Crippen LogP) is -3.76.